The monoisotopic (exact) mass is 392 g/mol. The van der Waals surface area contributed by atoms with E-state index in [-0.39, 0.29) is 11.8 Å². The van der Waals surface area contributed by atoms with E-state index in [0.717, 1.165) is 0 Å². The van der Waals surface area contributed by atoms with Crippen LogP contribution in [0.5, 0.6) is 0 Å². The van der Waals surface area contributed by atoms with E-state index in [2.05, 4.69) is 15.5 Å². The van der Waals surface area contributed by atoms with Crippen molar-refractivity contribution in [1.29, 1.82) is 0 Å². The highest BCUT2D eigenvalue weighted by Crippen LogP contribution is 2.38. The average molecular weight is 393 g/mol. The van der Waals surface area contributed by atoms with E-state index in [0.29, 0.717) is 28.2 Å². The molecule has 2 aromatic rings. The van der Waals surface area contributed by atoms with Crippen molar-refractivity contribution in [3.8, 4) is 0 Å². The van der Waals surface area contributed by atoms with Gasteiger partial charge in [-0.15, -0.1) is 10.2 Å². The minimum absolute atomic E-state index is 0.188. The van der Waals surface area contributed by atoms with Crippen LogP contribution in [0.2, 0.25) is 0 Å². The summed E-state index contributed by atoms with van der Waals surface area (Å²) < 4.78 is 5.54. The number of benzene rings is 1. The quantitative estimate of drug-likeness (QED) is 0.782. The van der Waals surface area contributed by atoms with Gasteiger partial charge in [0.1, 0.15) is 5.54 Å². The molecular formula is C17H20N4O3S2. The maximum Gasteiger partial charge on any atom is 0.277 e. The number of anilines is 2. The summed E-state index contributed by atoms with van der Waals surface area (Å²) >= 11 is 2.78. The molecule has 0 radical (unpaired) electrons. The molecule has 2 heterocycles. The molecule has 3 rings (SSSR count). The molecule has 1 aromatic carbocycles. The van der Waals surface area contributed by atoms with Gasteiger partial charge < -0.3 is 9.73 Å². The van der Waals surface area contributed by atoms with Crippen LogP contribution in [0.25, 0.3) is 0 Å². The number of hydrogen-bond acceptors (Lipinski definition) is 7. The molecule has 9 heteroatoms. The van der Waals surface area contributed by atoms with Gasteiger partial charge in [0.15, 0.2) is 0 Å². The third-order valence-electron chi connectivity index (χ3n) is 4.07. The van der Waals surface area contributed by atoms with Crippen LogP contribution >= 0.6 is 23.5 Å². The van der Waals surface area contributed by atoms with Gasteiger partial charge in [-0.3, -0.25) is 14.5 Å². The van der Waals surface area contributed by atoms with Crippen LogP contribution in [0.3, 0.4) is 0 Å². The summed E-state index contributed by atoms with van der Waals surface area (Å²) in [6.45, 7) is 5.24. The Morgan fingerprint density at radius 3 is 2.81 bits per heavy atom. The number of carbonyl (C=O) groups is 2. The first-order valence-corrected chi connectivity index (χ1v) is 10.3. The second kappa shape index (κ2) is 7.32. The lowest BCUT2D eigenvalue weighted by Crippen LogP contribution is -2.60. The van der Waals surface area contributed by atoms with Crippen LogP contribution < -0.4 is 10.2 Å². The number of carbonyl (C=O) groups excluding carboxylic acids is 2. The van der Waals surface area contributed by atoms with Crippen LogP contribution in [0, 0.1) is 0 Å². The highest BCUT2D eigenvalue weighted by atomic mass is 32.2. The van der Waals surface area contributed by atoms with E-state index in [1.807, 2.05) is 24.5 Å². The van der Waals surface area contributed by atoms with Crippen LogP contribution in [0.1, 0.15) is 26.7 Å². The minimum Gasteiger partial charge on any atom is -0.415 e. The Balaban J connectivity index is 1.85. The van der Waals surface area contributed by atoms with Crippen molar-refractivity contribution >= 4 is 46.7 Å². The first kappa shape index (κ1) is 18.8. The van der Waals surface area contributed by atoms with Crippen LogP contribution in [0.15, 0.2) is 33.9 Å². The number of fused-ring (bicyclic) bond motifs is 1. The van der Waals surface area contributed by atoms with Gasteiger partial charge >= 0.3 is 0 Å². The fourth-order valence-corrected chi connectivity index (χ4v) is 3.80. The SMILES string of the molecule is CSCc1nnc(SC(C)C(=O)N2c3ccccc3NC(=O)C2(C)C)o1. The van der Waals surface area contributed by atoms with Gasteiger partial charge in [-0.1, -0.05) is 23.9 Å². The van der Waals surface area contributed by atoms with Crippen LogP contribution in [-0.4, -0.2) is 39.1 Å². The van der Waals surface area contributed by atoms with Crippen molar-refractivity contribution in [2.75, 3.05) is 16.5 Å². The Labute approximate surface area is 160 Å². The molecule has 0 saturated carbocycles. The lowest BCUT2D eigenvalue weighted by molar-refractivity contribution is -0.126. The van der Waals surface area contributed by atoms with Crippen molar-refractivity contribution in [2.24, 2.45) is 0 Å². The second-order valence-electron chi connectivity index (χ2n) is 6.36. The third kappa shape index (κ3) is 3.45. The van der Waals surface area contributed by atoms with Crippen LogP contribution in [-0.2, 0) is 15.3 Å². The highest BCUT2D eigenvalue weighted by Gasteiger charge is 2.44. The summed E-state index contributed by atoms with van der Waals surface area (Å²) in [7, 11) is 0. The predicted octanol–water partition coefficient (Wildman–Crippen LogP) is 3.18. The van der Waals surface area contributed by atoms with Crippen molar-refractivity contribution in [3.05, 3.63) is 30.2 Å². The Bertz CT molecular complexity index is 837. The highest BCUT2D eigenvalue weighted by molar-refractivity contribution is 8.00. The first-order chi connectivity index (χ1) is 12.3. The standard InChI is InChI=1S/C17H20N4O3S2/c1-10(26-16-20-19-13(24-16)9-25-4)14(22)21-12-8-6-5-7-11(12)18-15(23)17(21,2)3/h5-8,10H,9H2,1-4H3,(H,18,23). The van der Waals surface area contributed by atoms with E-state index < -0.39 is 10.8 Å². The molecular weight excluding hydrogens is 372 g/mol. The summed E-state index contributed by atoms with van der Waals surface area (Å²) in [6, 6.07) is 7.28. The van der Waals surface area contributed by atoms with Crippen molar-refractivity contribution < 1.29 is 14.0 Å². The van der Waals surface area contributed by atoms with Gasteiger partial charge in [0.25, 0.3) is 5.22 Å². The molecule has 7 nitrogen and oxygen atoms in total. The van der Waals surface area contributed by atoms with Gasteiger partial charge in [0, 0.05) is 0 Å². The van der Waals surface area contributed by atoms with Gasteiger partial charge in [0.05, 0.1) is 22.4 Å². The molecule has 1 unspecified atom stereocenters. The molecule has 1 aliphatic heterocycles. The third-order valence-corrected chi connectivity index (χ3v) is 5.53. The van der Waals surface area contributed by atoms with Gasteiger partial charge in [-0.05, 0) is 39.2 Å². The zero-order valence-corrected chi connectivity index (χ0v) is 16.6. The molecule has 2 amide bonds. The molecule has 1 aliphatic rings. The zero-order valence-electron chi connectivity index (χ0n) is 15.0. The Morgan fingerprint density at radius 1 is 1.35 bits per heavy atom. The van der Waals surface area contributed by atoms with Gasteiger partial charge in [-0.2, -0.15) is 11.8 Å². The molecule has 138 valence electrons. The molecule has 0 bridgehead atoms. The molecule has 1 N–H and O–H groups in total. The summed E-state index contributed by atoms with van der Waals surface area (Å²) in [4.78, 5) is 27.2. The molecule has 26 heavy (non-hydrogen) atoms. The number of thioether (sulfide) groups is 2. The van der Waals surface area contributed by atoms with Crippen molar-refractivity contribution in [2.45, 2.75) is 42.5 Å². The van der Waals surface area contributed by atoms with Crippen molar-refractivity contribution in [3.63, 3.8) is 0 Å². The Hall–Kier alpha value is -2.00. The normalized spacial score (nSPS) is 16.8. The van der Waals surface area contributed by atoms with E-state index in [1.54, 1.807) is 43.5 Å². The number of amides is 2. The number of aromatic nitrogens is 2. The molecule has 0 spiro atoms. The Morgan fingerprint density at radius 2 is 2.08 bits per heavy atom. The molecule has 1 aromatic heterocycles. The predicted molar refractivity (Wildman–Crippen MR) is 103 cm³/mol. The Kier molecular flexibility index (Phi) is 5.29. The van der Waals surface area contributed by atoms with E-state index in [4.69, 9.17) is 4.42 Å². The molecule has 1 atom stereocenters. The fraction of sp³-hybridized carbons (Fsp3) is 0.412. The lowest BCUT2D eigenvalue weighted by Gasteiger charge is -2.42. The first-order valence-electron chi connectivity index (χ1n) is 8.07. The van der Waals surface area contributed by atoms with E-state index >= 15 is 0 Å². The number of rotatable bonds is 5. The summed E-state index contributed by atoms with van der Waals surface area (Å²) in [5.74, 6) is 0.749. The number of nitrogens with one attached hydrogen (secondary N) is 1. The fourth-order valence-electron chi connectivity index (χ4n) is 2.70. The van der Waals surface area contributed by atoms with Gasteiger partial charge in [0.2, 0.25) is 17.7 Å². The average Bonchev–Trinajstić information content (AvgIpc) is 3.02. The molecule has 0 saturated heterocycles. The largest absolute Gasteiger partial charge is 0.415 e. The van der Waals surface area contributed by atoms with Gasteiger partial charge in [-0.25, -0.2) is 0 Å². The number of nitrogens with zero attached hydrogens (tertiary/aromatic N) is 3. The summed E-state index contributed by atoms with van der Waals surface area (Å²) in [6.07, 6.45) is 1.95. The molecule has 0 aliphatic carbocycles. The maximum absolute atomic E-state index is 13.2. The second-order valence-corrected chi connectivity index (χ2v) is 8.52. The van der Waals surface area contributed by atoms with E-state index in [1.165, 1.54) is 11.8 Å². The number of hydrogen-bond donors (Lipinski definition) is 1. The van der Waals surface area contributed by atoms with Crippen LogP contribution in [0.4, 0.5) is 11.4 Å². The lowest BCUT2D eigenvalue weighted by atomic mass is 9.96. The minimum atomic E-state index is -1.00. The summed E-state index contributed by atoms with van der Waals surface area (Å²) in [5.41, 5.74) is 0.310. The molecule has 0 fully saturated rings. The number of para-hydroxylation sites is 2. The van der Waals surface area contributed by atoms with E-state index in [9.17, 15) is 9.59 Å². The smallest absolute Gasteiger partial charge is 0.277 e. The maximum atomic E-state index is 13.2. The van der Waals surface area contributed by atoms with Crippen molar-refractivity contribution in [1.82, 2.24) is 10.2 Å². The topological polar surface area (TPSA) is 88.3 Å². The summed E-state index contributed by atoms with van der Waals surface area (Å²) in [5, 5.41) is 10.7. The zero-order chi connectivity index (χ0) is 18.9.